The molecule has 0 amide bonds. The van der Waals surface area contributed by atoms with Crippen LogP contribution in [0.2, 0.25) is 0 Å². The van der Waals surface area contributed by atoms with E-state index < -0.39 is 0 Å². The van der Waals surface area contributed by atoms with Crippen LogP contribution in [-0.2, 0) is 0 Å². The summed E-state index contributed by atoms with van der Waals surface area (Å²) in [5.41, 5.74) is 0. The lowest BCUT2D eigenvalue weighted by Gasteiger charge is -2.06. The standard InChI is InChI=1S/C10H10N6/c1-3-7-11-15(9-5-1)13-14-16-10-6-2-4-8-12-16/h1-10H/b14-13+. The molecule has 0 aromatic carbocycles. The molecular formula is C10H10N6. The Morgan fingerprint density at radius 3 is 1.62 bits per heavy atom. The highest BCUT2D eigenvalue weighted by Crippen LogP contribution is 2.02. The summed E-state index contributed by atoms with van der Waals surface area (Å²) >= 11 is 0. The van der Waals surface area contributed by atoms with Gasteiger partial charge < -0.3 is 0 Å². The first kappa shape index (κ1) is 10.0. The van der Waals surface area contributed by atoms with E-state index in [0.717, 1.165) is 0 Å². The Balaban J connectivity index is 1.98. The number of hydrazone groups is 2. The topological polar surface area (TPSA) is 55.9 Å². The number of allylic oxidation sites excluding steroid dienone is 6. The van der Waals surface area contributed by atoms with Gasteiger partial charge in [-0.05, 0) is 34.8 Å². The zero-order chi connectivity index (χ0) is 11.1. The van der Waals surface area contributed by atoms with Crippen molar-refractivity contribution in [3.8, 4) is 0 Å². The van der Waals surface area contributed by atoms with E-state index >= 15 is 0 Å². The maximum atomic E-state index is 3.99. The Morgan fingerprint density at radius 2 is 1.12 bits per heavy atom. The Labute approximate surface area is 92.9 Å². The average Bonchev–Trinajstić information content (AvgIpc) is 2.71. The smallest absolute Gasteiger partial charge is 0.0513 e. The maximum Gasteiger partial charge on any atom is 0.0513 e. The van der Waals surface area contributed by atoms with E-state index in [-0.39, 0.29) is 0 Å². The van der Waals surface area contributed by atoms with E-state index in [1.807, 2.05) is 24.3 Å². The second-order valence-electron chi connectivity index (χ2n) is 2.80. The zero-order valence-electron chi connectivity index (χ0n) is 8.46. The number of rotatable bonds is 2. The van der Waals surface area contributed by atoms with Crippen LogP contribution < -0.4 is 0 Å². The van der Waals surface area contributed by atoms with Crippen LogP contribution in [0.4, 0.5) is 0 Å². The van der Waals surface area contributed by atoms with Gasteiger partial charge in [0.15, 0.2) is 0 Å². The molecule has 0 bridgehead atoms. The van der Waals surface area contributed by atoms with Gasteiger partial charge in [-0.3, -0.25) is 0 Å². The van der Waals surface area contributed by atoms with Crippen LogP contribution in [0.5, 0.6) is 0 Å². The highest BCUT2D eigenvalue weighted by molar-refractivity contribution is 5.71. The van der Waals surface area contributed by atoms with E-state index in [0.29, 0.717) is 0 Å². The first-order chi connectivity index (χ1) is 7.95. The van der Waals surface area contributed by atoms with Gasteiger partial charge in [-0.25, -0.2) is 0 Å². The molecular weight excluding hydrogens is 204 g/mol. The first-order valence-electron chi connectivity index (χ1n) is 4.70. The monoisotopic (exact) mass is 214 g/mol. The summed E-state index contributed by atoms with van der Waals surface area (Å²) in [7, 11) is 0. The molecule has 2 aliphatic heterocycles. The van der Waals surface area contributed by atoms with Crippen molar-refractivity contribution in [3.63, 3.8) is 0 Å². The van der Waals surface area contributed by atoms with Crippen LogP contribution in [0.25, 0.3) is 0 Å². The molecule has 0 fully saturated rings. The summed E-state index contributed by atoms with van der Waals surface area (Å²) in [4.78, 5) is 0. The van der Waals surface area contributed by atoms with Gasteiger partial charge in [-0.1, -0.05) is 12.2 Å². The Bertz CT molecular complexity index is 355. The minimum absolute atomic E-state index is 1.35. The summed E-state index contributed by atoms with van der Waals surface area (Å²) in [5, 5.41) is 18.4. The van der Waals surface area contributed by atoms with Crippen LogP contribution in [0.1, 0.15) is 0 Å². The molecule has 16 heavy (non-hydrogen) atoms. The first-order valence-corrected chi connectivity index (χ1v) is 4.70. The molecule has 0 saturated carbocycles. The van der Waals surface area contributed by atoms with Crippen molar-refractivity contribution < 1.29 is 0 Å². The summed E-state index contributed by atoms with van der Waals surface area (Å²) in [6.45, 7) is 0. The minimum atomic E-state index is 1.35. The molecule has 80 valence electrons. The lowest BCUT2D eigenvalue weighted by atomic mass is 10.5. The van der Waals surface area contributed by atoms with Gasteiger partial charge in [-0.15, -0.1) is 10.2 Å². The third-order valence-corrected chi connectivity index (χ3v) is 1.65. The largest absolute Gasteiger partial charge is 0.158 e. The molecule has 6 heteroatoms. The predicted octanol–water partition coefficient (Wildman–Crippen LogP) is 2.01. The highest BCUT2D eigenvalue weighted by Gasteiger charge is 1.95. The van der Waals surface area contributed by atoms with Gasteiger partial charge in [0.05, 0.1) is 12.4 Å². The van der Waals surface area contributed by atoms with Crippen LogP contribution in [0, 0.1) is 0 Å². The fraction of sp³-hybridized carbons (Fsp3) is 0. The van der Waals surface area contributed by atoms with Crippen LogP contribution >= 0.6 is 0 Å². The third-order valence-electron chi connectivity index (χ3n) is 1.65. The van der Waals surface area contributed by atoms with Crippen LogP contribution in [-0.4, -0.2) is 22.7 Å². The molecule has 6 nitrogen and oxygen atoms in total. The zero-order valence-corrected chi connectivity index (χ0v) is 8.46. The number of hydrogen-bond acceptors (Lipinski definition) is 4. The van der Waals surface area contributed by atoms with Crippen molar-refractivity contribution in [3.05, 3.63) is 48.9 Å². The molecule has 2 rings (SSSR count). The third kappa shape index (κ3) is 3.02. The van der Waals surface area contributed by atoms with Crippen molar-refractivity contribution in [2.24, 2.45) is 20.6 Å². The molecule has 0 aliphatic carbocycles. The highest BCUT2D eigenvalue weighted by atomic mass is 15.8. The molecule has 0 aromatic heterocycles. The summed E-state index contributed by atoms with van der Waals surface area (Å²) in [6.07, 6.45) is 17.6. The van der Waals surface area contributed by atoms with E-state index in [4.69, 9.17) is 0 Å². The van der Waals surface area contributed by atoms with Gasteiger partial charge in [0.2, 0.25) is 0 Å². The predicted molar refractivity (Wildman–Crippen MR) is 62.1 cm³/mol. The second kappa shape index (κ2) is 5.40. The van der Waals surface area contributed by atoms with Gasteiger partial charge in [0.1, 0.15) is 0 Å². The SMILES string of the molecule is C1=CC=NN(/N=N/N2C=CC=CC=N2)C=C1. The Morgan fingerprint density at radius 1 is 0.625 bits per heavy atom. The van der Waals surface area contributed by atoms with Crippen molar-refractivity contribution >= 4 is 12.4 Å². The van der Waals surface area contributed by atoms with E-state index in [9.17, 15) is 0 Å². The van der Waals surface area contributed by atoms with Crippen molar-refractivity contribution in [1.82, 2.24) is 10.2 Å². The molecule has 0 unspecified atom stereocenters. The lowest BCUT2D eigenvalue weighted by molar-refractivity contribution is 0.307. The Hall–Kier alpha value is -2.50. The molecule has 0 N–H and O–H groups in total. The van der Waals surface area contributed by atoms with E-state index in [1.165, 1.54) is 10.2 Å². The summed E-state index contributed by atoms with van der Waals surface area (Å²) < 4.78 is 0. The Kier molecular flexibility index (Phi) is 3.38. The van der Waals surface area contributed by atoms with Gasteiger partial charge >= 0.3 is 0 Å². The van der Waals surface area contributed by atoms with Crippen molar-refractivity contribution in [2.45, 2.75) is 0 Å². The average molecular weight is 214 g/mol. The molecule has 0 radical (unpaired) electrons. The summed E-state index contributed by atoms with van der Waals surface area (Å²) in [6, 6.07) is 0. The molecule has 0 saturated heterocycles. The van der Waals surface area contributed by atoms with Gasteiger partial charge in [0.25, 0.3) is 0 Å². The summed E-state index contributed by atoms with van der Waals surface area (Å²) in [5.74, 6) is 0. The van der Waals surface area contributed by atoms with Crippen molar-refractivity contribution in [2.75, 3.05) is 0 Å². The second-order valence-corrected chi connectivity index (χ2v) is 2.80. The quantitative estimate of drug-likeness (QED) is 0.660. The fourth-order valence-corrected chi connectivity index (χ4v) is 0.959. The number of nitrogens with zero attached hydrogens (tertiary/aromatic N) is 6. The molecule has 0 atom stereocenters. The van der Waals surface area contributed by atoms with Crippen LogP contribution in [0.3, 0.4) is 0 Å². The van der Waals surface area contributed by atoms with Crippen molar-refractivity contribution in [1.29, 1.82) is 0 Å². The van der Waals surface area contributed by atoms with Gasteiger partial charge in [-0.2, -0.15) is 10.2 Å². The fourth-order valence-electron chi connectivity index (χ4n) is 0.959. The molecule has 0 aromatic rings. The van der Waals surface area contributed by atoms with E-state index in [1.54, 1.807) is 37.0 Å². The maximum absolute atomic E-state index is 3.99. The molecule has 2 heterocycles. The minimum Gasteiger partial charge on any atom is -0.158 e. The van der Waals surface area contributed by atoms with Crippen LogP contribution in [0.15, 0.2) is 69.5 Å². The molecule has 2 aliphatic rings. The van der Waals surface area contributed by atoms with E-state index in [2.05, 4.69) is 20.6 Å². The molecule has 0 spiro atoms. The lowest BCUT2D eigenvalue weighted by Crippen LogP contribution is -2.04. The normalized spacial score (nSPS) is 18.5. The number of hydrogen-bond donors (Lipinski definition) is 0. The van der Waals surface area contributed by atoms with Gasteiger partial charge in [0, 0.05) is 12.4 Å².